The van der Waals surface area contributed by atoms with E-state index in [2.05, 4.69) is 4.74 Å². The minimum Gasteiger partial charge on any atom is -0.393 e. The highest BCUT2D eigenvalue weighted by atomic mass is 16.6. The topological polar surface area (TPSA) is 52.6 Å². The van der Waals surface area contributed by atoms with Crippen molar-refractivity contribution in [2.45, 2.75) is 12.0 Å². The smallest absolute Gasteiger partial charge is 0.320 e. The first-order chi connectivity index (χ1) is 6.68. The molecular formula is C10H10O4. The van der Waals surface area contributed by atoms with E-state index in [0.717, 1.165) is 6.42 Å². The van der Waals surface area contributed by atoms with E-state index in [4.69, 9.17) is 4.74 Å². The molecule has 3 rings (SSSR count). The normalized spacial score (nSPS) is 48.5. The Morgan fingerprint density at radius 1 is 1.50 bits per heavy atom. The first-order valence-electron chi connectivity index (χ1n) is 4.68. The molecule has 1 saturated carbocycles. The van der Waals surface area contributed by atoms with Crippen molar-refractivity contribution < 1.29 is 19.1 Å². The van der Waals surface area contributed by atoms with Crippen molar-refractivity contribution >= 4 is 11.9 Å². The molecule has 0 aromatic rings. The standard InChI is InChI=1S/C10H10O4/c1-13-10-3-2-5(4-10)6-7(10)9(12)14-8(6)11/h2-3,5-7H,4H2,1H3. The highest BCUT2D eigenvalue weighted by molar-refractivity contribution is 5.99. The second-order valence-corrected chi connectivity index (χ2v) is 4.13. The zero-order chi connectivity index (χ0) is 9.92. The van der Waals surface area contributed by atoms with Gasteiger partial charge in [-0.25, -0.2) is 0 Å². The van der Waals surface area contributed by atoms with E-state index in [1.807, 2.05) is 12.2 Å². The van der Waals surface area contributed by atoms with Gasteiger partial charge in [0.05, 0.1) is 5.92 Å². The van der Waals surface area contributed by atoms with Crippen LogP contribution >= 0.6 is 0 Å². The van der Waals surface area contributed by atoms with Crippen LogP contribution in [0.1, 0.15) is 6.42 Å². The van der Waals surface area contributed by atoms with E-state index in [-0.39, 0.29) is 17.8 Å². The lowest BCUT2D eigenvalue weighted by atomic mass is 9.83. The molecule has 2 fully saturated rings. The molecule has 3 aliphatic rings. The Morgan fingerprint density at radius 3 is 3.00 bits per heavy atom. The van der Waals surface area contributed by atoms with Crippen LogP contribution in [0.3, 0.4) is 0 Å². The van der Waals surface area contributed by atoms with Crippen LogP contribution < -0.4 is 0 Å². The van der Waals surface area contributed by atoms with Crippen molar-refractivity contribution in [3.63, 3.8) is 0 Å². The van der Waals surface area contributed by atoms with E-state index >= 15 is 0 Å². The highest BCUT2D eigenvalue weighted by Crippen LogP contribution is 2.55. The maximum Gasteiger partial charge on any atom is 0.320 e. The number of carbonyl (C=O) groups is 2. The quantitative estimate of drug-likeness (QED) is 0.342. The Balaban J connectivity index is 2.10. The molecule has 0 aromatic carbocycles. The zero-order valence-corrected chi connectivity index (χ0v) is 7.73. The van der Waals surface area contributed by atoms with Crippen molar-refractivity contribution in [3.05, 3.63) is 12.2 Å². The first kappa shape index (κ1) is 8.17. The molecule has 2 aliphatic carbocycles. The summed E-state index contributed by atoms with van der Waals surface area (Å²) >= 11 is 0. The van der Waals surface area contributed by atoms with E-state index in [1.54, 1.807) is 7.11 Å². The van der Waals surface area contributed by atoms with Crippen LogP contribution in [-0.2, 0) is 19.1 Å². The van der Waals surface area contributed by atoms with Crippen LogP contribution in [0.5, 0.6) is 0 Å². The monoisotopic (exact) mass is 194 g/mol. The predicted octanol–water partition coefficient (Wildman–Crippen LogP) is 0.277. The van der Waals surface area contributed by atoms with Crippen LogP contribution in [0.2, 0.25) is 0 Å². The fraction of sp³-hybridized carbons (Fsp3) is 0.600. The number of esters is 2. The Hall–Kier alpha value is -1.16. The van der Waals surface area contributed by atoms with Gasteiger partial charge in [0.1, 0.15) is 11.5 Å². The Morgan fingerprint density at radius 2 is 2.29 bits per heavy atom. The third-order valence-corrected chi connectivity index (χ3v) is 3.63. The number of methoxy groups -OCH3 is 1. The Bertz CT molecular complexity index is 359. The maximum atomic E-state index is 11.5. The third kappa shape index (κ3) is 0.696. The molecule has 0 spiro atoms. The molecule has 4 nitrogen and oxygen atoms in total. The molecule has 1 heterocycles. The van der Waals surface area contributed by atoms with Crippen LogP contribution in [0.15, 0.2) is 12.2 Å². The van der Waals surface area contributed by atoms with Gasteiger partial charge in [0.2, 0.25) is 0 Å². The fourth-order valence-corrected chi connectivity index (χ4v) is 2.99. The number of cyclic esters (lactones) is 2. The van der Waals surface area contributed by atoms with Crippen LogP contribution in [0.25, 0.3) is 0 Å². The number of allylic oxidation sites excluding steroid dienone is 1. The minimum absolute atomic E-state index is 0.124. The van der Waals surface area contributed by atoms with Gasteiger partial charge < -0.3 is 9.47 Å². The lowest BCUT2D eigenvalue weighted by Gasteiger charge is -2.27. The van der Waals surface area contributed by atoms with Crippen molar-refractivity contribution in [3.8, 4) is 0 Å². The van der Waals surface area contributed by atoms with E-state index in [9.17, 15) is 9.59 Å². The number of hydrogen-bond donors (Lipinski definition) is 0. The molecular weight excluding hydrogens is 184 g/mol. The second-order valence-electron chi connectivity index (χ2n) is 4.13. The Kier molecular flexibility index (Phi) is 1.32. The Labute approximate surface area is 80.9 Å². The van der Waals surface area contributed by atoms with Gasteiger partial charge >= 0.3 is 11.9 Å². The lowest BCUT2D eigenvalue weighted by molar-refractivity contribution is -0.156. The van der Waals surface area contributed by atoms with Crippen molar-refractivity contribution in [1.29, 1.82) is 0 Å². The molecule has 2 bridgehead atoms. The summed E-state index contributed by atoms with van der Waals surface area (Å²) in [5, 5.41) is 0. The number of hydrogen-bond acceptors (Lipinski definition) is 4. The van der Waals surface area contributed by atoms with Crippen LogP contribution in [0.4, 0.5) is 0 Å². The highest BCUT2D eigenvalue weighted by Gasteiger charge is 2.65. The van der Waals surface area contributed by atoms with Gasteiger partial charge in [-0.1, -0.05) is 12.2 Å². The number of rotatable bonds is 1. The van der Waals surface area contributed by atoms with Gasteiger partial charge in [-0.05, 0) is 12.3 Å². The van der Waals surface area contributed by atoms with E-state index < -0.39 is 17.5 Å². The van der Waals surface area contributed by atoms with E-state index in [0.29, 0.717) is 0 Å². The van der Waals surface area contributed by atoms with Crippen molar-refractivity contribution in [1.82, 2.24) is 0 Å². The third-order valence-electron chi connectivity index (χ3n) is 3.63. The minimum atomic E-state index is -0.571. The molecule has 74 valence electrons. The summed E-state index contributed by atoms with van der Waals surface area (Å²) in [5.41, 5.74) is -0.571. The van der Waals surface area contributed by atoms with Gasteiger partial charge in [-0.2, -0.15) is 0 Å². The summed E-state index contributed by atoms with van der Waals surface area (Å²) in [7, 11) is 1.57. The molecule has 4 heteroatoms. The predicted molar refractivity (Wildman–Crippen MR) is 45.1 cm³/mol. The summed E-state index contributed by atoms with van der Waals surface area (Å²) in [6, 6.07) is 0. The fourth-order valence-electron chi connectivity index (χ4n) is 2.99. The molecule has 4 unspecified atom stereocenters. The average Bonchev–Trinajstić information content (AvgIpc) is 2.78. The number of fused-ring (bicyclic) bond motifs is 5. The first-order valence-corrected chi connectivity index (χ1v) is 4.68. The van der Waals surface area contributed by atoms with Gasteiger partial charge in [0.25, 0.3) is 0 Å². The summed E-state index contributed by atoms with van der Waals surface area (Å²) in [6.45, 7) is 0. The summed E-state index contributed by atoms with van der Waals surface area (Å²) in [5.74, 6) is -1.39. The van der Waals surface area contributed by atoms with Crippen LogP contribution in [0, 0.1) is 17.8 Å². The van der Waals surface area contributed by atoms with Crippen molar-refractivity contribution in [2.75, 3.05) is 7.11 Å². The van der Waals surface area contributed by atoms with Crippen molar-refractivity contribution in [2.24, 2.45) is 17.8 Å². The number of ether oxygens (including phenoxy) is 2. The zero-order valence-electron chi connectivity index (χ0n) is 7.73. The molecule has 0 amide bonds. The molecule has 1 saturated heterocycles. The summed E-state index contributed by atoms with van der Waals surface area (Å²) in [4.78, 5) is 22.8. The van der Waals surface area contributed by atoms with E-state index in [1.165, 1.54) is 0 Å². The largest absolute Gasteiger partial charge is 0.393 e. The number of carbonyl (C=O) groups excluding carboxylic acids is 2. The summed E-state index contributed by atoms with van der Waals surface area (Å²) < 4.78 is 10.0. The summed E-state index contributed by atoms with van der Waals surface area (Å²) in [6.07, 6.45) is 4.60. The maximum absolute atomic E-state index is 11.5. The second kappa shape index (κ2) is 2.25. The average molecular weight is 194 g/mol. The van der Waals surface area contributed by atoms with Gasteiger partial charge in [0, 0.05) is 7.11 Å². The molecule has 4 atom stereocenters. The van der Waals surface area contributed by atoms with Gasteiger partial charge in [-0.3, -0.25) is 9.59 Å². The molecule has 14 heavy (non-hydrogen) atoms. The molecule has 0 aromatic heterocycles. The lowest BCUT2D eigenvalue weighted by Crippen LogP contribution is -2.38. The molecule has 0 radical (unpaired) electrons. The molecule has 1 aliphatic heterocycles. The SMILES string of the molecule is COC12C=CC(C1)C1C(=O)OC(=O)C12. The van der Waals surface area contributed by atoms with Gasteiger partial charge in [-0.15, -0.1) is 0 Å². The van der Waals surface area contributed by atoms with Gasteiger partial charge in [0.15, 0.2) is 0 Å². The molecule has 0 N–H and O–H groups in total. The van der Waals surface area contributed by atoms with Crippen LogP contribution in [-0.4, -0.2) is 24.6 Å².